The minimum Gasteiger partial charge on any atom is -0.497 e. The first-order valence-corrected chi connectivity index (χ1v) is 9.60. The molecule has 0 atom stereocenters. The van der Waals surface area contributed by atoms with E-state index < -0.39 is 0 Å². The van der Waals surface area contributed by atoms with E-state index in [0.29, 0.717) is 10.7 Å². The summed E-state index contributed by atoms with van der Waals surface area (Å²) in [5.74, 6) is 0.679. The Balaban J connectivity index is 2.31. The van der Waals surface area contributed by atoms with Crippen molar-refractivity contribution >= 4 is 17.5 Å². The number of hydrogen-bond donors (Lipinski definition) is 0. The van der Waals surface area contributed by atoms with Crippen LogP contribution in [0.3, 0.4) is 0 Å². The van der Waals surface area contributed by atoms with Crippen molar-refractivity contribution in [2.45, 2.75) is 46.5 Å². The van der Waals surface area contributed by atoms with Gasteiger partial charge in [0.05, 0.1) is 23.5 Å². The van der Waals surface area contributed by atoms with Crippen LogP contribution in [0.4, 0.5) is 0 Å². The van der Waals surface area contributed by atoms with Crippen molar-refractivity contribution in [1.29, 1.82) is 0 Å². The van der Waals surface area contributed by atoms with Crippen LogP contribution in [0.15, 0.2) is 24.3 Å². The molecule has 0 saturated carbocycles. The minimum absolute atomic E-state index is 0.0905. The highest BCUT2D eigenvalue weighted by molar-refractivity contribution is 6.34. The molecule has 0 saturated heterocycles. The molecule has 1 aromatic carbocycles. The molecule has 5 nitrogen and oxygen atoms in total. The Bertz CT molecular complexity index is 717. The first kappa shape index (κ1) is 20.3. The lowest BCUT2D eigenvalue weighted by atomic mass is 10.2. The standard InChI is InChI=1S/C20H28ClN3O2/c1-5-7-13-23(14-8-6-2)20(25)19-18(21)15(3)24(22-19)16-9-11-17(26-4)12-10-16/h9-12H,5-8,13-14H2,1-4H3. The van der Waals surface area contributed by atoms with Crippen LogP contribution in [0.2, 0.25) is 5.02 Å². The van der Waals surface area contributed by atoms with Gasteiger partial charge in [0.2, 0.25) is 0 Å². The summed E-state index contributed by atoms with van der Waals surface area (Å²) in [5.41, 5.74) is 1.93. The molecule has 0 aliphatic heterocycles. The third-order valence-electron chi connectivity index (χ3n) is 4.41. The predicted octanol–water partition coefficient (Wildman–Crippen LogP) is 4.89. The number of methoxy groups -OCH3 is 1. The van der Waals surface area contributed by atoms with Crippen LogP contribution in [0.1, 0.15) is 55.7 Å². The third-order valence-corrected chi connectivity index (χ3v) is 4.87. The second kappa shape index (κ2) is 9.62. The normalized spacial score (nSPS) is 10.8. The Kier molecular flexibility index (Phi) is 7.51. The molecule has 2 rings (SSSR count). The van der Waals surface area contributed by atoms with Crippen molar-refractivity contribution in [2.75, 3.05) is 20.2 Å². The topological polar surface area (TPSA) is 47.4 Å². The van der Waals surface area contributed by atoms with Crippen molar-refractivity contribution in [3.05, 3.63) is 40.7 Å². The van der Waals surface area contributed by atoms with E-state index in [0.717, 1.165) is 55.9 Å². The molecule has 142 valence electrons. The molecule has 1 aromatic heterocycles. The molecule has 0 aliphatic rings. The van der Waals surface area contributed by atoms with Crippen molar-refractivity contribution < 1.29 is 9.53 Å². The van der Waals surface area contributed by atoms with Crippen molar-refractivity contribution in [3.8, 4) is 11.4 Å². The highest BCUT2D eigenvalue weighted by Gasteiger charge is 2.24. The maximum atomic E-state index is 13.0. The Morgan fingerprint density at radius 3 is 2.23 bits per heavy atom. The first-order valence-electron chi connectivity index (χ1n) is 9.22. The van der Waals surface area contributed by atoms with Crippen LogP contribution >= 0.6 is 11.6 Å². The van der Waals surface area contributed by atoms with E-state index in [9.17, 15) is 4.79 Å². The fourth-order valence-corrected chi connectivity index (χ4v) is 2.96. The Hall–Kier alpha value is -2.01. The molecule has 0 N–H and O–H groups in total. The SMILES string of the molecule is CCCCN(CCCC)C(=O)c1nn(-c2ccc(OC)cc2)c(C)c1Cl. The van der Waals surface area contributed by atoms with Crippen LogP contribution in [0.5, 0.6) is 5.75 Å². The fraction of sp³-hybridized carbons (Fsp3) is 0.500. The Morgan fingerprint density at radius 1 is 1.15 bits per heavy atom. The molecule has 0 unspecified atom stereocenters. The molecule has 0 spiro atoms. The van der Waals surface area contributed by atoms with Gasteiger partial charge in [-0.1, -0.05) is 38.3 Å². The molecule has 0 fully saturated rings. The highest BCUT2D eigenvalue weighted by atomic mass is 35.5. The number of aromatic nitrogens is 2. The molecular formula is C20H28ClN3O2. The summed E-state index contributed by atoms with van der Waals surface area (Å²) in [6.45, 7) is 7.59. The summed E-state index contributed by atoms with van der Waals surface area (Å²) in [5, 5.41) is 4.94. The number of hydrogen-bond acceptors (Lipinski definition) is 3. The number of halogens is 1. The van der Waals surface area contributed by atoms with E-state index in [-0.39, 0.29) is 5.91 Å². The zero-order chi connectivity index (χ0) is 19.1. The number of amides is 1. The summed E-state index contributed by atoms with van der Waals surface area (Å²) in [6, 6.07) is 7.52. The van der Waals surface area contributed by atoms with Gasteiger partial charge in [0, 0.05) is 13.1 Å². The molecule has 2 aromatic rings. The van der Waals surface area contributed by atoms with Gasteiger partial charge in [0.1, 0.15) is 5.75 Å². The van der Waals surface area contributed by atoms with Crippen molar-refractivity contribution in [3.63, 3.8) is 0 Å². The number of carbonyl (C=O) groups excluding carboxylic acids is 1. The largest absolute Gasteiger partial charge is 0.497 e. The highest BCUT2D eigenvalue weighted by Crippen LogP contribution is 2.25. The van der Waals surface area contributed by atoms with E-state index in [1.165, 1.54) is 0 Å². The van der Waals surface area contributed by atoms with Gasteiger partial charge in [0.25, 0.3) is 5.91 Å². The minimum atomic E-state index is -0.0905. The lowest BCUT2D eigenvalue weighted by Gasteiger charge is -2.21. The monoisotopic (exact) mass is 377 g/mol. The van der Waals surface area contributed by atoms with E-state index in [1.54, 1.807) is 11.8 Å². The van der Waals surface area contributed by atoms with Crippen molar-refractivity contribution in [1.82, 2.24) is 14.7 Å². The lowest BCUT2D eigenvalue weighted by Crippen LogP contribution is -2.33. The molecule has 0 radical (unpaired) electrons. The number of unbranched alkanes of at least 4 members (excludes halogenated alkanes) is 2. The van der Waals surface area contributed by atoms with E-state index >= 15 is 0 Å². The number of ether oxygens (including phenoxy) is 1. The molecule has 1 amide bonds. The van der Waals surface area contributed by atoms with Gasteiger partial charge < -0.3 is 9.64 Å². The fourth-order valence-electron chi connectivity index (χ4n) is 2.76. The summed E-state index contributed by atoms with van der Waals surface area (Å²) >= 11 is 6.47. The maximum Gasteiger partial charge on any atom is 0.275 e. The average Bonchev–Trinajstić information content (AvgIpc) is 2.96. The number of benzene rings is 1. The maximum absolute atomic E-state index is 13.0. The van der Waals surface area contributed by atoms with Crippen molar-refractivity contribution in [2.24, 2.45) is 0 Å². The van der Waals surface area contributed by atoms with Gasteiger partial charge >= 0.3 is 0 Å². The second-order valence-electron chi connectivity index (χ2n) is 6.36. The first-order chi connectivity index (χ1) is 12.5. The molecule has 0 aliphatic carbocycles. The van der Waals surface area contributed by atoms with E-state index in [2.05, 4.69) is 18.9 Å². The zero-order valence-corrected chi connectivity index (χ0v) is 16.8. The van der Waals surface area contributed by atoms with Crippen LogP contribution in [-0.4, -0.2) is 40.8 Å². The smallest absolute Gasteiger partial charge is 0.275 e. The Morgan fingerprint density at radius 2 is 1.73 bits per heavy atom. The van der Waals surface area contributed by atoms with Crippen LogP contribution in [0, 0.1) is 6.92 Å². The molecular weight excluding hydrogens is 350 g/mol. The molecule has 0 bridgehead atoms. The third kappa shape index (κ3) is 4.58. The zero-order valence-electron chi connectivity index (χ0n) is 16.1. The van der Waals surface area contributed by atoms with Crippen LogP contribution in [-0.2, 0) is 0 Å². The summed E-state index contributed by atoms with van der Waals surface area (Å²) < 4.78 is 6.91. The Labute approximate surface area is 160 Å². The van der Waals surface area contributed by atoms with E-state index in [1.807, 2.05) is 36.1 Å². The quantitative estimate of drug-likeness (QED) is 0.625. The average molecular weight is 378 g/mol. The second-order valence-corrected chi connectivity index (χ2v) is 6.74. The number of carbonyl (C=O) groups is 1. The summed E-state index contributed by atoms with van der Waals surface area (Å²) in [4.78, 5) is 14.9. The number of nitrogens with zero attached hydrogens (tertiary/aromatic N) is 3. The van der Waals surface area contributed by atoms with Crippen LogP contribution < -0.4 is 4.74 Å². The summed E-state index contributed by atoms with van der Waals surface area (Å²) in [7, 11) is 1.63. The van der Waals surface area contributed by atoms with Gasteiger partial charge in [-0.15, -0.1) is 0 Å². The van der Waals surface area contributed by atoms with Gasteiger partial charge in [-0.25, -0.2) is 4.68 Å². The number of rotatable bonds is 9. The molecule has 1 heterocycles. The van der Waals surface area contributed by atoms with E-state index in [4.69, 9.17) is 16.3 Å². The van der Waals surface area contributed by atoms with Gasteiger partial charge in [0.15, 0.2) is 5.69 Å². The van der Waals surface area contributed by atoms with Gasteiger partial charge in [-0.2, -0.15) is 5.10 Å². The van der Waals surface area contributed by atoms with Crippen LogP contribution in [0.25, 0.3) is 5.69 Å². The molecule has 6 heteroatoms. The molecule has 26 heavy (non-hydrogen) atoms. The predicted molar refractivity (Wildman–Crippen MR) is 106 cm³/mol. The van der Waals surface area contributed by atoms with Gasteiger partial charge in [-0.05, 0) is 44.0 Å². The summed E-state index contributed by atoms with van der Waals surface area (Å²) in [6.07, 6.45) is 4.04. The van der Waals surface area contributed by atoms with Gasteiger partial charge in [-0.3, -0.25) is 4.79 Å². The lowest BCUT2D eigenvalue weighted by molar-refractivity contribution is 0.0745.